The van der Waals surface area contributed by atoms with Crippen molar-refractivity contribution in [1.82, 2.24) is 30.0 Å². The number of aromatic hydroxyl groups is 1. The van der Waals surface area contributed by atoms with Crippen LogP contribution in [0.4, 0.5) is 15.3 Å². The maximum absolute atomic E-state index is 14.1. The number of hydroxylamine groups is 1. The molecule has 1 atom stereocenters. The first kappa shape index (κ1) is 37.9. The Balaban J connectivity index is 1.05. The molecular formula is C36H49BBrN7O7. The molecule has 3 fully saturated rings. The number of hydrogen-bond acceptors (Lipinski definition) is 9. The molecular weight excluding hydrogens is 733 g/mol. The number of rotatable bonds is 9. The Labute approximate surface area is 314 Å². The number of urea groups is 1. The molecule has 280 valence electrons. The molecule has 0 spiro atoms. The van der Waals surface area contributed by atoms with Crippen molar-refractivity contribution in [3.05, 3.63) is 52.0 Å². The van der Waals surface area contributed by atoms with Gasteiger partial charge in [0.15, 0.2) is 6.10 Å². The average Bonchev–Trinajstić information content (AvgIpc) is 3.31. The van der Waals surface area contributed by atoms with Crippen molar-refractivity contribution in [1.29, 1.82) is 0 Å². The maximum atomic E-state index is 14.1. The fraction of sp³-hybridized carbons (Fsp3) is 0.556. The Morgan fingerprint density at radius 3 is 2.35 bits per heavy atom. The number of para-hydroxylation sites is 1. The summed E-state index contributed by atoms with van der Waals surface area (Å²) in [5, 5.41) is 13.4. The van der Waals surface area contributed by atoms with Crippen LogP contribution in [0, 0.1) is 0 Å². The summed E-state index contributed by atoms with van der Waals surface area (Å²) in [6.45, 7) is 5.86. The van der Waals surface area contributed by atoms with Gasteiger partial charge >= 0.3 is 12.1 Å². The average molecular weight is 783 g/mol. The van der Waals surface area contributed by atoms with Gasteiger partial charge in [-0.2, -0.15) is 0 Å². The van der Waals surface area contributed by atoms with E-state index in [1.807, 2.05) is 35.2 Å². The first-order valence-corrected chi connectivity index (χ1v) is 19.0. The lowest BCUT2D eigenvalue weighted by Gasteiger charge is -2.43. The number of amides is 5. The van der Waals surface area contributed by atoms with Crippen LogP contribution in [0.25, 0.3) is 0 Å². The van der Waals surface area contributed by atoms with Crippen molar-refractivity contribution < 1.29 is 33.9 Å². The number of ether oxygens (including phenoxy) is 1. The van der Waals surface area contributed by atoms with Gasteiger partial charge in [-0.1, -0.05) is 24.3 Å². The predicted octanol–water partition coefficient (Wildman–Crippen LogP) is 1.30. The van der Waals surface area contributed by atoms with E-state index < -0.39 is 12.2 Å². The van der Waals surface area contributed by atoms with Crippen LogP contribution >= 0.6 is 15.9 Å². The lowest BCUT2D eigenvalue weighted by Crippen LogP contribution is -2.57. The van der Waals surface area contributed by atoms with Crippen molar-refractivity contribution >= 4 is 58.9 Å². The van der Waals surface area contributed by atoms with Crippen LogP contribution in [0.1, 0.15) is 36.8 Å². The van der Waals surface area contributed by atoms with Crippen molar-refractivity contribution in [2.75, 3.05) is 77.9 Å². The van der Waals surface area contributed by atoms with Gasteiger partial charge < -0.3 is 29.9 Å². The van der Waals surface area contributed by atoms with Gasteiger partial charge in [0.25, 0.3) is 11.8 Å². The van der Waals surface area contributed by atoms with Gasteiger partial charge in [-0.25, -0.2) is 15.1 Å². The van der Waals surface area contributed by atoms with Crippen molar-refractivity contribution in [3.8, 4) is 5.75 Å². The van der Waals surface area contributed by atoms with Crippen LogP contribution in [-0.2, 0) is 32.0 Å². The summed E-state index contributed by atoms with van der Waals surface area (Å²) in [6, 6.07) is 11.7. The number of carbonyl (C=O) groups excluding carboxylic acids is 4. The lowest BCUT2D eigenvalue weighted by atomic mass is 9.91. The van der Waals surface area contributed by atoms with Crippen LogP contribution in [0.3, 0.4) is 0 Å². The summed E-state index contributed by atoms with van der Waals surface area (Å²) in [6.07, 6.45) is 2.46. The van der Waals surface area contributed by atoms with Crippen molar-refractivity contribution in [2.45, 2.75) is 56.7 Å². The molecule has 5 amide bonds. The number of hydrogen-bond donors (Lipinski definition) is 3. The standard InChI is InChI=1S/C36H49BBrN7O7/c1-51-40-32(46)23-41-11-7-26(8-12-41)42-16-18-43(19-17-42)34(48)31(22-24-20-28(37)33(47)29(38)21-24)52-36(50)44-13-9-27(10-14-44)45-15-6-25-4-2-3-5-30(25)39-35(45)49/h2-5,20-21,26-27,31,47H,6-19,22-23,37H2,1H3,(H,39,49)(H,40,46)/t31-/m1/s1. The van der Waals surface area contributed by atoms with Crippen LogP contribution < -0.4 is 16.3 Å². The van der Waals surface area contributed by atoms with Gasteiger partial charge in [0.1, 0.15) is 13.6 Å². The van der Waals surface area contributed by atoms with E-state index in [0.29, 0.717) is 81.2 Å². The Kier molecular flexibility index (Phi) is 12.6. The third-order valence-electron chi connectivity index (χ3n) is 10.8. The topological polar surface area (TPSA) is 147 Å². The molecule has 0 aromatic heterocycles. The number of benzene rings is 2. The maximum Gasteiger partial charge on any atom is 0.410 e. The molecule has 2 aromatic carbocycles. The van der Waals surface area contributed by atoms with Gasteiger partial charge in [0, 0.05) is 83.1 Å². The van der Waals surface area contributed by atoms with Crippen LogP contribution in [0.2, 0.25) is 0 Å². The number of nitrogens with zero attached hydrogens (tertiary/aromatic N) is 5. The van der Waals surface area contributed by atoms with Gasteiger partial charge in [0.2, 0.25) is 0 Å². The summed E-state index contributed by atoms with van der Waals surface area (Å²) >= 11 is 3.41. The highest BCUT2D eigenvalue weighted by molar-refractivity contribution is 9.10. The smallest absolute Gasteiger partial charge is 0.410 e. The minimum absolute atomic E-state index is 0.00759. The van der Waals surface area contributed by atoms with Crippen LogP contribution in [0.5, 0.6) is 5.75 Å². The number of piperazine rings is 1. The highest BCUT2D eigenvalue weighted by Crippen LogP contribution is 2.27. The van der Waals surface area contributed by atoms with E-state index in [1.165, 1.54) is 7.11 Å². The lowest BCUT2D eigenvalue weighted by molar-refractivity contribution is -0.143. The van der Waals surface area contributed by atoms with Crippen molar-refractivity contribution in [2.24, 2.45) is 0 Å². The first-order valence-electron chi connectivity index (χ1n) is 18.3. The number of piperidine rings is 2. The fourth-order valence-electron chi connectivity index (χ4n) is 7.92. The fourth-order valence-corrected chi connectivity index (χ4v) is 8.52. The summed E-state index contributed by atoms with van der Waals surface area (Å²) < 4.78 is 6.57. The molecule has 0 unspecified atom stereocenters. The Morgan fingerprint density at radius 1 is 0.962 bits per heavy atom. The first-order chi connectivity index (χ1) is 25.1. The molecule has 3 saturated heterocycles. The zero-order valence-electron chi connectivity index (χ0n) is 30.0. The molecule has 0 radical (unpaired) electrons. The van der Waals surface area contributed by atoms with E-state index in [4.69, 9.17) is 9.57 Å². The van der Waals surface area contributed by atoms with Gasteiger partial charge in [-0.3, -0.25) is 24.2 Å². The van der Waals surface area contributed by atoms with Crippen LogP contribution in [-0.4, -0.2) is 152 Å². The minimum atomic E-state index is -1.04. The third-order valence-corrected chi connectivity index (χ3v) is 11.4. The quantitative estimate of drug-likeness (QED) is 0.253. The van der Waals surface area contributed by atoms with Gasteiger partial charge in [-0.05, 0) is 76.8 Å². The van der Waals surface area contributed by atoms with Gasteiger partial charge in [0.05, 0.1) is 18.1 Å². The van der Waals surface area contributed by atoms with E-state index in [1.54, 1.807) is 23.7 Å². The monoisotopic (exact) mass is 781 g/mol. The number of halogens is 1. The molecule has 6 rings (SSSR count). The predicted molar refractivity (Wildman–Crippen MR) is 201 cm³/mol. The SMILES string of the molecule is Bc1cc(C[C@@H](OC(=O)N2CCC(N3CCc4ccccc4NC3=O)CC2)C(=O)N2CCN(C3CCN(CC(=O)NOC)CC3)CC2)cc(Br)c1O. The Morgan fingerprint density at radius 2 is 1.65 bits per heavy atom. The molecule has 2 aromatic rings. The Bertz CT molecular complexity index is 1590. The summed E-state index contributed by atoms with van der Waals surface area (Å²) in [5.41, 5.74) is 5.75. The largest absolute Gasteiger partial charge is 0.507 e. The normalized spacial score (nSPS) is 20.1. The highest BCUT2D eigenvalue weighted by Gasteiger charge is 2.36. The molecule has 4 aliphatic heterocycles. The summed E-state index contributed by atoms with van der Waals surface area (Å²) in [7, 11) is 3.22. The molecule has 16 heteroatoms. The van der Waals surface area contributed by atoms with Crippen molar-refractivity contribution in [3.63, 3.8) is 0 Å². The van der Waals surface area contributed by atoms with E-state index in [9.17, 15) is 24.3 Å². The molecule has 0 aliphatic carbocycles. The second-order valence-electron chi connectivity index (χ2n) is 14.2. The van der Waals surface area contributed by atoms with Gasteiger partial charge in [-0.15, -0.1) is 0 Å². The number of nitrogens with one attached hydrogen (secondary N) is 2. The number of phenolic OH excluding ortho intramolecular Hbond substituents is 1. The molecule has 52 heavy (non-hydrogen) atoms. The molecule has 3 N–H and O–H groups in total. The van der Waals surface area contributed by atoms with E-state index in [-0.39, 0.29) is 36.1 Å². The molecule has 0 saturated carbocycles. The van der Waals surface area contributed by atoms with E-state index in [0.717, 1.165) is 49.2 Å². The molecule has 4 aliphatic rings. The minimum Gasteiger partial charge on any atom is -0.507 e. The van der Waals surface area contributed by atoms with E-state index in [2.05, 4.69) is 36.5 Å². The third kappa shape index (κ3) is 9.19. The molecule has 14 nitrogen and oxygen atoms in total. The number of carbonyl (C=O) groups is 4. The molecule has 0 bridgehead atoms. The highest BCUT2D eigenvalue weighted by atomic mass is 79.9. The number of phenols is 1. The second kappa shape index (κ2) is 17.3. The number of likely N-dealkylation sites (tertiary alicyclic amines) is 2. The summed E-state index contributed by atoms with van der Waals surface area (Å²) in [4.78, 5) is 67.4. The van der Waals surface area contributed by atoms with E-state index >= 15 is 0 Å². The number of anilines is 1. The number of fused-ring (bicyclic) bond motifs is 1. The zero-order valence-corrected chi connectivity index (χ0v) is 31.6. The molecule has 4 heterocycles. The van der Waals surface area contributed by atoms with Crippen LogP contribution in [0.15, 0.2) is 40.9 Å². The zero-order chi connectivity index (χ0) is 36.8. The summed E-state index contributed by atoms with van der Waals surface area (Å²) in [5.74, 6) is -0.255. The second-order valence-corrected chi connectivity index (χ2v) is 15.0. The Hall–Kier alpha value is -3.86.